The maximum Gasteiger partial charge on any atom is 0.407 e. The van der Waals surface area contributed by atoms with E-state index in [2.05, 4.69) is 16.0 Å². The van der Waals surface area contributed by atoms with E-state index in [4.69, 9.17) is 53.1 Å². The Kier molecular flexibility index (Phi) is 30.8. The number of rotatable bonds is 44. The molecule has 4 aliphatic rings. The molecule has 6 amide bonds. The molecular formula is C71H91N5O26. The van der Waals surface area contributed by atoms with Gasteiger partial charge in [-0.1, -0.05) is 38.1 Å². The van der Waals surface area contributed by atoms with Crippen molar-refractivity contribution in [3.05, 3.63) is 93.6 Å². The first-order valence-electron chi connectivity index (χ1n) is 33.8. The average Bonchev–Trinajstić information content (AvgIpc) is 0.745. The number of ether oxygens (including phenoxy) is 10. The van der Waals surface area contributed by atoms with E-state index in [1.807, 2.05) is 0 Å². The van der Waals surface area contributed by atoms with Crippen LogP contribution in [0.1, 0.15) is 147 Å². The van der Waals surface area contributed by atoms with Crippen molar-refractivity contribution in [3.63, 3.8) is 0 Å². The number of primary amides is 1. The van der Waals surface area contributed by atoms with Crippen molar-refractivity contribution < 1.29 is 125 Å². The second-order valence-corrected chi connectivity index (χ2v) is 25.1. The Hall–Kier alpha value is -8.76. The van der Waals surface area contributed by atoms with Crippen molar-refractivity contribution in [3.8, 4) is 17.2 Å². The lowest BCUT2D eigenvalue weighted by molar-refractivity contribution is -0.249. The highest BCUT2D eigenvalue weighted by Gasteiger charge is 2.50. The molecule has 0 bridgehead atoms. The van der Waals surface area contributed by atoms with Crippen LogP contribution in [0.25, 0.3) is 0 Å². The number of phenolic OH excluding ortho intramolecular Hbond substituents is 2. The fourth-order valence-corrected chi connectivity index (χ4v) is 12.0. The van der Waals surface area contributed by atoms with Gasteiger partial charge in [0.15, 0.2) is 23.6 Å². The number of ketones is 6. The molecule has 3 aromatic rings. The number of nitrogens with zero attached hydrogens (tertiary/aromatic N) is 1. The van der Waals surface area contributed by atoms with Gasteiger partial charge in [0.1, 0.15) is 47.1 Å². The third-order valence-corrected chi connectivity index (χ3v) is 17.6. The van der Waals surface area contributed by atoms with E-state index in [-0.39, 0.29) is 110 Å². The van der Waals surface area contributed by atoms with Gasteiger partial charge in [-0.3, -0.25) is 57.6 Å². The number of anilines is 1. The molecule has 0 spiro atoms. The topological polar surface area (TPSA) is 443 Å². The Morgan fingerprint density at radius 1 is 0.716 bits per heavy atom. The number of aliphatic hydroxyl groups excluding tert-OH is 1. The van der Waals surface area contributed by atoms with Crippen molar-refractivity contribution in [1.82, 2.24) is 15.5 Å². The summed E-state index contributed by atoms with van der Waals surface area (Å²) >= 11 is 0. The first kappa shape index (κ1) is 80.6. The van der Waals surface area contributed by atoms with Gasteiger partial charge in [0.25, 0.3) is 11.8 Å². The van der Waals surface area contributed by atoms with E-state index in [1.165, 1.54) is 89.4 Å². The van der Waals surface area contributed by atoms with Gasteiger partial charge in [0.2, 0.25) is 23.5 Å². The summed E-state index contributed by atoms with van der Waals surface area (Å²) in [6.45, 7) is 9.46. The molecule has 2 aliphatic carbocycles. The number of carbonyl (C=O) groups is 12. The van der Waals surface area contributed by atoms with Gasteiger partial charge in [-0.15, -0.1) is 0 Å². The summed E-state index contributed by atoms with van der Waals surface area (Å²) in [6.07, 6.45) is -5.33. The van der Waals surface area contributed by atoms with Gasteiger partial charge < -0.3 is 89.5 Å². The van der Waals surface area contributed by atoms with Gasteiger partial charge in [0.05, 0.1) is 127 Å². The van der Waals surface area contributed by atoms with Crippen LogP contribution in [0.4, 0.5) is 10.5 Å². The van der Waals surface area contributed by atoms with Gasteiger partial charge in [-0.05, 0) is 44.0 Å². The third-order valence-electron chi connectivity index (χ3n) is 17.6. The number of nitrogens with one attached hydrogen (secondary N) is 3. The summed E-state index contributed by atoms with van der Waals surface area (Å²) in [6, 6.07) is 8.08. The predicted molar refractivity (Wildman–Crippen MR) is 357 cm³/mol. The molecule has 0 saturated carbocycles. The number of Topliss-reactive ketones (excluding diaryl/α,β-unsaturated/α-hetero) is 4. The second kappa shape index (κ2) is 39.0. The molecule has 556 valence electrons. The summed E-state index contributed by atoms with van der Waals surface area (Å²) in [5.74, 6) is -9.64. The zero-order valence-corrected chi connectivity index (χ0v) is 57.8. The zero-order valence-electron chi connectivity index (χ0n) is 57.8. The van der Waals surface area contributed by atoms with E-state index >= 15 is 0 Å². The van der Waals surface area contributed by atoms with E-state index in [9.17, 15) is 78.0 Å². The van der Waals surface area contributed by atoms with E-state index in [1.54, 1.807) is 0 Å². The second-order valence-electron chi connectivity index (χ2n) is 25.1. The summed E-state index contributed by atoms with van der Waals surface area (Å²) in [5, 5.41) is 54.5. The van der Waals surface area contributed by atoms with Crippen LogP contribution in [0.15, 0.2) is 54.6 Å². The van der Waals surface area contributed by atoms with Crippen LogP contribution in [-0.4, -0.2) is 225 Å². The molecule has 102 heavy (non-hydrogen) atoms. The number of aromatic hydroxyl groups is 2. The number of carbonyl (C=O) groups excluding carboxylic acids is 12. The molecule has 7 rings (SSSR count). The third kappa shape index (κ3) is 22.4. The van der Waals surface area contributed by atoms with Crippen LogP contribution < -0.4 is 26.4 Å². The fraction of sp³-hybridized carbons (Fsp3) is 0.549. The largest absolute Gasteiger partial charge is 0.507 e. The summed E-state index contributed by atoms with van der Waals surface area (Å²) < 4.78 is 56.0. The lowest BCUT2D eigenvalue weighted by Crippen LogP contribution is -2.55. The summed E-state index contributed by atoms with van der Waals surface area (Å²) in [4.78, 5) is 156. The molecule has 2 heterocycles. The molecule has 0 unspecified atom stereocenters. The quantitative estimate of drug-likeness (QED) is 0.0179. The number of nitrogens with two attached hydrogens (primary N) is 1. The van der Waals surface area contributed by atoms with Crippen LogP contribution >= 0.6 is 0 Å². The minimum Gasteiger partial charge on any atom is -0.507 e. The van der Waals surface area contributed by atoms with Crippen molar-refractivity contribution in [1.29, 1.82) is 0 Å². The number of aliphatic hydroxyl groups is 2. The predicted octanol–water partition coefficient (Wildman–Crippen LogP) is 3.03. The molecule has 0 radical (unpaired) electrons. The van der Waals surface area contributed by atoms with Crippen molar-refractivity contribution in [2.24, 2.45) is 17.6 Å². The Morgan fingerprint density at radius 2 is 1.31 bits per heavy atom. The Balaban J connectivity index is 0.749. The van der Waals surface area contributed by atoms with Crippen LogP contribution in [0.2, 0.25) is 0 Å². The number of hydrogen-bond acceptors (Lipinski definition) is 26. The average molecular weight is 1430 g/mol. The number of fused-ring (bicyclic) bond motifs is 3. The highest BCUT2D eigenvalue weighted by atomic mass is 16.7. The number of phenols is 2. The van der Waals surface area contributed by atoms with Crippen LogP contribution in [0, 0.1) is 11.8 Å². The minimum atomic E-state index is -2.18. The molecule has 3 aromatic carbocycles. The van der Waals surface area contributed by atoms with Crippen LogP contribution in [0.5, 0.6) is 17.2 Å². The number of methoxy groups -OCH3 is 1. The monoisotopic (exact) mass is 1430 g/mol. The van der Waals surface area contributed by atoms with E-state index < -0.39 is 161 Å². The number of amides is 6. The molecule has 1 saturated heterocycles. The van der Waals surface area contributed by atoms with Gasteiger partial charge in [-0.2, -0.15) is 0 Å². The van der Waals surface area contributed by atoms with Crippen molar-refractivity contribution >= 4 is 76.0 Å². The first-order chi connectivity index (χ1) is 48.7. The lowest BCUT2D eigenvalue weighted by atomic mass is 9.71. The highest BCUT2D eigenvalue weighted by molar-refractivity contribution is 6.31. The summed E-state index contributed by atoms with van der Waals surface area (Å²) in [5.41, 5.74) is 2.26. The number of benzene rings is 3. The van der Waals surface area contributed by atoms with Crippen LogP contribution in [0.3, 0.4) is 0 Å². The SMILES string of the molecule is CCC(=O)[C@]1(O)Cc2c(O)c3c(c(O)c2[C@@H](O[C@H]2C[C@H](NC(=O)OCc4ccc(NC(=O)[C@@H](CC(N)=O)CC(=O)[C@@H](C)NC(=O)[C@@H](C)CC(=O)CCOCCOCCOCCOCCOCCOCCCC(=O)CCN5C(=O)C=CC5=O)cc4)[C@H](O)[C@H](C)O2)C1)C(=O)c1c(OC)cccc1C3=O. The van der Waals surface area contributed by atoms with Gasteiger partial charge in [-0.25, -0.2) is 4.79 Å². The Morgan fingerprint density at radius 3 is 1.91 bits per heavy atom. The molecular weight excluding hydrogens is 1340 g/mol. The van der Waals surface area contributed by atoms with Gasteiger partial charge in [0, 0.05) is 118 Å². The first-order valence-corrected chi connectivity index (χ1v) is 33.8. The summed E-state index contributed by atoms with van der Waals surface area (Å²) in [7, 11) is 1.30. The Labute approximate surface area is 588 Å². The molecule has 9 atom stereocenters. The standard InChI is InChI=1S/C71H91N5O26/c1-6-54(80)71(92)37-49-60(67(88)62-61(65(49)86)64(85)48-10-7-11-52(93-5)59(48)66(62)87)53(38-71)102-58-36-50(63(84)42(4)101-58)75-70(91)100-39-43-12-14-45(15-13-43)74-69(90)44(35-55(72)81)34-51(79)41(3)73-68(89)40(2)33-47(78)19-22-95-24-26-97-28-30-99-32-31-98-29-27-96-25-23-94-21-8-9-46(77)18-20-76-56(82)16-17-57(76)83/h7,10-17,40-42,44,50,53,58,63,84,86,88,92H,6,8-9,18-39H2,1-5H3,(H2,72,81)(H,73,89)(H,74,90)(H,75,91)/t40-,41+,42-,44+,50-,53-,58-,63+,71-/m0/s1. The zero-order chi connectivity index (χ0) is 74.2. The molecule has 31 heteroatoms. The van der Waals surface area contributed by atoms with E-state index in [0.29, 0.717) is 77.9 Å². The molecule has 0 aromatic heterocycles. The van der Waals surface area contributed by atoms with Crippen molar-refractivity contribution in [2.75, 3.05) is 98.3 Å². The molecule has 31 nitrogen and oxygen atoms in total. The maximum atomic E-state index is 14.1. The van der Waals surface area contributed by atoms with Crippen molar-refractivity contribution in [2.45, 2.75) is 147 Å². The minimum absolute atomic E-state index is 0.0318. The molecule has 9 N–H and O–H groups in total. The molecule has 2 aliphatic heterocycles. The Bertz CT molecular complexity index is 3540. The lowest BCUT2D eigenvalue weighted by Gasteiger charge is -2.42. The van der Waals surface area contributed by atoms with Gasteiger partial charge >= 0.3 is 6.09 Å². The normalized spacial score (nSPS) is 20.0. The number of imide groups is 1. The van der Waals surface area contributed by atoms with E-state index in [0.717, 1.165) is 4.90 Å². The highest BCUT2D eigenvalue weighted by Crippen LogP contribution is 2.53. The molecule has 1 fully saturated rings. The number of alkyl carbamates (subject to hydrolysis) is 1. The number of hydrogen-bond donors (Lipinski definition) is 8. The fourth-order valence-electron chi connectivity index (χ4n) is 12.0. The maximum absolute atomic E-state index is 14.1. The smallest absolute Gasteiger partial charge is 0.407 e. The van der Waals surface area contributed by atoms with Crippen LogP contribution in [-0.2, 0) is 98.8 Å².